The van der Waals surface area contributed by atoms with Gasteiger partial charge in [0, 0.05) is 0 Å². The zero-order chi connectivity index (χ0) is 15.5. The fourth-order valence-electron chi connectivity index (χ4n) is 1.37. The molecule has 0 aliphatic carbocycles. The lowest BCUT2D eigenvalue weighted by molar-refractivity contribution is -0.140. The Balaban J connectivity index is 3.02. The van der Waals surface area contributed by atoms with Crippen molar-refractivity contribution in [2.24, 2.45) is 5.92 Å². The molecule has 0 saturated heterocycles. The first-order valence-electron chi connectivity index (χ1n) is 5.62. The topological polar surface area (TPSA) is 110 Å². The Hall–Kier alpha value is -1.45. The highest BCUT2D eigenvalue weighted by molar-refractivity contribution is 7.91. The lowest BCUT2D eigenvalue weighted by Crippen LogP contribution is -2.43. The van der Waals surface area contributed by atoms with Crippen LogP contribution in [0.4, 0.5) is 0 Å². The van der Waals surface area contributed by atoms with Crippen LogP contribution in [-0.2, 0) is 19.6 Å². The van der Waals surface area contributed by atoms with E-state index in [4.69, 9.17) is 5.11 Å². The average molecular weight is 321 g/mol. The van der Waals surface area contributed by atoms with Gasteiger partial charge in [0.05, 0.1) is 7.11 Å². The zero-order valence-electron chi connectivity index (χ0n) is 11.1. The molecular weight excluding hydrogens is 306 g/mol. The number of carboxylic acids is 1. The standard InChI is InChI=1S/C11H15NO6S2/c1-6(2)9(10(13)14)12-20(16,17)8-5-4-7(19-8)11(15)18-3/h4-6,9,12H,1-3H3,(H,13,14)/t9-/m0/s1. The summed E-state index contributed by atoms with van der Waals surface area (Å²) in [5.74, 6) is -2.31. The average Bonchev–Trinajstić information content (AvgIpc) is 2.84. The van der Waals surface area contributed by atoms with Crippen LogP contribution in [0, 0.1) is 5.92 Å². The van der Waals surface area contributed by atoms with E-state index in [1.165, 1.54) is 19.2 Å². The molecule has 0 spiro atoms. The van der Waals surface area contributed by atoms with Gasteiger partial charge >= 0.3 is 11.9 Å². The van der Waals surface area contributed by atoms with E-state index in [9.17, 15) is 18.0 Å². The number of sulfonamides is 1. The summed E-state index contributed by atoms with van der Waals surface area (Å²) in [5, 5.41) is 8.99. The second-order valence-electron chi connectivity index (χ2n) is 4.29. The van der Waals surface area contributed by atoms with Crippen LogP contribution in [0.15, 0.2) is 16.3 Å². The summed E-state index contributed by atoms with van der Waals surface area (Å²) < 4.78 is 30.6. The van der Waals surface area contributed by atoms with Crippen molar-refractivity contribution < 1.29 is 27.9 Å². The molecule has 0 aromatic carbocycles. The molecule has 0 amide bonds. The fourth-order valence-corrected chi connectivity index (χ4v) is 3.95. The van der Waals surface area contributed by atoms with Crippen molar-refractivity contribution in [3.8, 4) is 0 Å². The van der Waals surface area contributed by atoms with Gasteiger partial charge in [-0.1, -0.05) is 13.8 Å². The van der Waals surface area contributed by atoms with E-state index < -0.39 is 33.9 Å². The third-order valence-corrected chi connectivity index (χ3v) is 5.45. The Morgan fingerprint density at radius 1 is 1.35 bits per heavy atom. The second-order valence-corrected chi connectivity index (χ2v) is 7.32. The van der Waals surface area contributed by atoms with Crippen molar-refractivity contribution >= 4 is 33.3 Å². The van der Waals surface area contributed by atoms with Gasteiger partial charge in [0.15, 0.2) is 0 Å². The number of hydrogen-bond acceptors (Lipinski definition) is 6. The van der Waals surface area contributed by atoms with Gasteiger partial charge in [0.2, 0.25) is 0 Å². The molecule has 1 atom stereocenters. The molecule has 2 N–H and O–H groups in total. The van der Waals surface area contributed by atoms with Gasteiger partial charge in [-0.3, -0.25) is 4.79 Å². The smallest absolute Gasteiger partial charge is 0.348 e. The predicted molar refractivity (Wildman–Crippen MR) is 72.2 cm³/mol. The van der Waals surface area contributed by atoms with Crippen molar-refractivity contribution in [3.05, 3.63) is 17.0 Å². The number of methoxy groups -OCH3 is 1. The van der Waals surface area contributed by atoms with E-state index in [-0.39, 0.29) is 9.09 Å². The Morgan fingerprint density at radius 2 is 1.95 bits per heavy atom. The molecule has 7 nitrogen and oxygen atoms in total. The van der Waals surface area contributed by atoms with Gasteiger partial charge < -0.3 is 9.84 Å². The lowest BCUT2D eigenvalue weighted by Gasteiger charge is -2.17. The molecule has 0 saturated carbocycles. The van der Waals surface area contributed by atoms with E-state index in [1.54, 1.807) is 13.8 Å². The highest BCUT2D eigenvalue weighted by Gasteiger charge is 2.29. The number of carbonyl (C=O) groups excluding carboxylic acids is 1. The first-order chi connectivity index (χ1) is 9.19. The van der Waals surface area contributed by atoms with E-state index in [0.717, 1.165) is 11.3 Å². The molecule has 1 aromatic heterocycles. The fraction of sp³-hybridized carbons (Fsp3) is 0.455. The van der Waals surface area contributed by atoms with Crippen LogP contribution in [-0.4, -0.2) is 38.6 Å². The summed E-state index contributed by atoms with van der Waals surface area (Å²) in [5.41, 5.74) is 0. The molecule has 9 heteroatoms. The molecule has 0 bridgehead atoms. The minimum atomic E-state index is -3.99. The van der Waals surface area contributed by atoms with E-state index in [2.05, 4.69) is 9.46 Å². The third-order valence-electron chi connectivity index (χ3n) is 2.45. The normalized spacial score (nSPS) is 13.2. The Labute approximate surface area is 120 Å². The van der Waals surface area contributed by atoms with Gasteiger partial charge in [0.1, 0.15) is 15.1 Å². The maximum Gasteiger partial charge on any atom is 0.348 e. The van der Waals surface area contributed by atoms with Gasteiger partial charge in [-0.05, 0) is 18.1 Å². The van der Waals surface area contributed by atoms with Crippen LogP contribution in [0.5, 0.6) is 0 Å². The molecule has 0 radical (unpaired) electrons. The molecule has 1 aromatic rings. The molecule has 1 rings (SSSR count). The Morgan fingerprint density at radius 3 is 2.40 bits per heavy atom. The van der Waals surface area contributed by atoms with Crippen LogP contribution in [0.3, 0.4) is 0 Å². The van der Waals surface area contributed by atoms with Crippen molar-refractivity contribution in [2.75, 3.05) is 7.11 Å². The van der Waals surface area contributed by atoms with Crippen LogP contribution < -0.4 is 4.72 Å². The summed E-state index contributed by atoms with van der Waals surface area (Å²) >= 11 is 0.720. The van der Waals surface area contributed by atoms with E-state index in [1.807, 2.05) is 0 Å². The molecule has 0 aliphatic heterocycles. The van der Waals surface area contributed by atoms with Crippen LogP contribution in [0.25, 0.3) is 0 Å². The second kappa shape index (κ2) is 6.33. The number of carbonyl (C=O) groups is 2. The van der Waals surface area contributed by atoms with Gasteiger partial charge in [-0.15, -0.1) is 11.3 Å². The number of carboxylic acid groups (broad SMARTS) is 1. The van der Waals surface area contributed by atoms with Gasteiger partial charge in [-0.25, -0.2) is 13.2 Å². The van der Waals surface area contributed by atoms with Crippen molar-refractivity contribution in [1.82, 2.24) is 4.72 Å². The first kappa shape index (κ1) is 16.6. The van der Waals surface area contributed by atoms with E-state index in [0.29, 0.717) is 0 Å². The van der Waals surface area contributed by atoms with E-state index >= 15 is 0 Å². The molecule has 0 unspecified atom stereocenters. The summed E-state index contributed by atoms with van der Waals surface area (Å²) in [4.78, 5) is 22.4. The maximum absolute atomic E-state index is 12.1. The zero-order valence-corrected chi connectivity index (χ0v) is 12.7. The number of aliphatic carboxylic acids is 1. The first-order valence-corrected chi connectivity index (χ1v) is 7.92. The monoisotopic (exact) mass is 321 g/mol. The SMILES string of the molecule is COC(=O)c1ccc(S(=O)(=O)N[C@H](C(=O)O)C(C)C)s1. The minimum Gasteiger partial charge on any atom is -0.480 e. The number of rotatable bonds is 6. The third kappa shape index (κ3) is 3.78. The summed E-state index contributed by atoms with van der Waals surface area (Å²) in [7, 11) is -2.80. The minimum absolute atomic E-state index is 0.129. The number of nitrogens with one attached hydrogen (secondary N) is 1. The summed E-state index contributed by atoms with van der Waals surface area (Å²) in [6.07, 6.45) is 0. The largest absolute Gasteiger partial charge is 0.480 e. The summed E-state index contributed by atoms with van der Waals surface area (Å²) in [6.45, 7) is 3.19. The molecule has 0 fully saturated rings. The van der Waals surface area contributed by atoms with Crippen LogP contribution in [0.2, 0.25) is 0 Å². The molecule has 112 valence electrons. The molecule has 20 heavy (non-hydrogen) atoms. The highest BCUT2D eigenvalue weighted by Crippen LogP contribution is 2.23. The predicted octanol–water partition coefficient (Wildman–Crippen LogP) is 0.922. The summed E-state index contributed by atoms with van der Waals surface area (Å²) in [6, 6.07) is 1.32. The molecule has 1 heterocycles. The number of hydrogen-bond donors (Lipinski definition) is 2. The van der Waals surface area contributed by atoms with Crippen LogP contribution >= 0.6 is 11.3 Å². The van der Waals surface area contributed by atoms with Gasteiger partial charge in [-0.2, -0.15) is 4.72 Å². The number of esters is 1. The maximum atomic E-state index is 12.1. The van der Waals surface area contributed by atoms with Crippen molar-refractivity contribution in [1.29, 1.82) is 0 Å². The molecular formula is C11H15NO6S2. The van der Waals surface area contributed by atoms with Gasteiger partial charge in [0.25, 0.3) is 10.0 Å². The van der Waals surface area contributed by atoms with Crippen LogP contribution in [0.1, 0.15) is 23.5 Å². The van der Waals surface area contributed by atoms with Crippen molar-refractivity contribution in [3.63, 3.8) is 0 Å². The molecule has 0 aliphatic rings. The highest BCUT2D eigenvalue weighted by atomic mass is 32.2. The quantitative estimate of drug-likeness (QED) is 0.754. The number of thiophene rings is 1. The van der Waals surface area contributed by atoms with Crippen molar-refractivity contribution in [2.45, 2.75) is 24.1 Å². The Bertz CT molecular complexity index is 604. The number of ether oxygens (including phenoxy) is 1. The lowest BCUT2D eigenvalue weighted by atomic mass is 10.1. The Kier molecular flexibility index (Phi) is 5.26.